The van der Waals surface area contributed by atoms with Gasteiger partial charge in [0.1, 0.15) is 0 Å². The lowest BCUT2D eigenvalue weighted by Gasteiger charge is -2.20. The molecule has 0 amide bonds. The number of pyridine rings is 1. The molecule has 0 atom stereocenters. The highest BCUT2D eigenvalue weighted by molar-refractivity contribution is 5.09. The van der Waals surface area contributed by atoms with Crippen molar-refractivity contribution in [3.8, 4) is 0 Å². The van der Waals surface area contributed by atoms with E-state index in [1.54, 1.807) is 0 Å². The van der Waals surface area contributed by atoms with Crippen molar-refractivity contribution in [3.05, 3.63) is 30.1 Å². The SMILES string of the molecule is CCCCN(CCO)Cc1ccncc1. The van der Waals surface area contributed by atoms with Gasteiger partial charge in [-0.25, -0.2) is 0 Å². The minimum Gasteiger partial charge on any atom is -0.395 e. The largest absolute Gasteiger partial charge is 0.395 e. The molecular formula is C12H20N2O. The van der Waals surface area contributed by atoms with Crippen LogP contribution in [-0.2, 0) is 6.54 Å². The molecule has 0 bridgehead atoms. The molecule has 1 heterocycles. The molecule has 0 saturated heterocycles. The zero-order valence-electron chi connectivity index (χ0n) is 9.39. The molecule has 84 valence electrons. The van der Waals surface area contributed by atoms with E-state index in [2.05, 4.69) is 16.8 Å². The fraction of sp³-hybridized carbons (Fsp3) is 0.583. The first-order valence-electron chi connectivity index (χ1n) is 5.59. The Morgan fingerprint density at radius 3 is 2.60 bits per heavy atom. The number of rotatable bonds is 7. The Hall–Kier alpha value is -0.930. The standard InChI is InChI=1S/C12H20N2O/c1-2-3-8-14(9-10-15)11-12-4-6-13-7-5-12/h4-7,15H,2-3,8-11H2,1H3. The van der Waals surface area contributed by atoms with Crippen molar-refractivity contribution < 1.29 is 5.11 Å². The van der Waals surface area contributed by atoms with E-state index in [4.69, 9.17) is 5.11 Å². The van der Waals surface area contributed by atoms with Gasteiger partial charge in [-0.05, 0) is 30.7 Å². The zero-order valence-corrected chi connectivity index (χ0v) is 9.39. The highest BCUT2D eigenvalue weighted by Crippen LogP contribution is 2.04. The van der Waals surface area contributed by atoms with Gasteiger partial charge in [-0.2, -0.15) is 0 Å². The molecule has 0 aliphatic heterocycles. The van der Waals surface area contributed by atoms with Gasteiger partial charge in [-0.3, -0.25) is 9.88 Å². The molecule has 3 nitrogen and oxygen atoms in total. The summed E-state index contributed by atoms with van der Waals surface area (Å²) in [6.45, 7) is 5.13. The summed E-state index contributed by atoms with van der Waals surface area (Å²) in [7, 11) is 0. The second-order valence-corrected chi connectivity index (χ2v) is 3.71. The third-order valence-electron chi connectivity index (χ3n) is 2.40. The maximum atomic E-state index is 8.96. The summed E-state index contributed by atoms with van der Waals surface area (Å²) < 4.78 is 0. The molecule has 0 aliphatic rings. The van der Waals surface area contributed by atoms with Crippen LogP contribution in [0.25, 0.3) is 0 Å². The van der Waals surface area contributed by atoms with Crippen LogP contribution in [-0.4, -0.2) is 34.7 Å². The summed E-state index contributed by atoms with van der Waals surface area (Å²) in [5.74, 6) is 0. The van der Waals surface area contributed by atoms with Gasteiger partial charge in [0.05, 0.1) is 6.61 Å². The maximum Gasteiger partial charge on any atom is 0.0558 e. The van der Waals surface area contributed by atoms with Crippen LogP contribution in [0.1, 0.15) is 25.3 Å². The van der Waals surface area contributed by atoms with Crippen LogP contribution in [0.3, 0.4) is 0 Å². The van der Waals surface area contributed by atoms with E-state index in [1.165, 1.54) is 18.4 Å². The lowest BCUT2D eigenvalue weighted by molar-refractivity contribution is 0.188. The Balaban J connectivity index is 2.43. The van der Waals surface area contributed by atoms with E-state index in [0.717, 1.165) is 19.6 Å². The first-order chi connectivity index (χ1) is 7.36. The average molecular weight is 208 g/mol. The lowest BCUT2D eigenvalue weighted by atomic mass is 10.2. The predicted molar refractivity (Wildman–Crippen MR) is 61.5 cm³/mol. The second-order valence-electron chi connectivity index (χ2n) is 3.71. The molecule has 0 aromatic carbocycles. The second kappa shape index (κ2) is 7.37. The molecule has 0 unspecified atom stereocenters. The van der Waals surface area contributed by atoms with Crippen molar-refractivity contribution in [1.29, 1.82) is 0 Å². The van der Waals surface area contributed by atoms with Gasteiger partial charge in [0.15, 0.2) is 0 Å². The number of hydrogen-bond donors (Lipinski definition) is 1. The van der Waals surface area contributed by atoms with E-state index in [0.29, 0.717) is 0 Å². The van der Waals surface area contributed by atoms with Crippen LogP contribution >= 0.6 is 0 Å². The van der Waals surface area contributed by atoms with Gasteiger partial charge in [0.2, 0.25) is 0 Å². The van der Waals surface area contributed by atoms with E-state index in [9.17, 15) is 0 Å². The van der Waals surface area contributed by atoms with Crippen molar-refractivity contribution in [3.63, 3.8) is 0 Å². The molecule has 0 fully saturated rings. The van der Waals surface area contributed by atoms with Crippen LogP contribution in [0.4, 0.5) is 0 Å². The molecule has 0 aliphatic carbocycles. The van der Waals surface area contributed by atoms with Crippen LogP contribution < -0.4 is 0 Å². The maximum absolute atomic E-state index is 8.96. The smallest absolute Gasteiger partial charge is 0.0558 e. The Morgan fingerprint density at radius 2 is 2.00 bits per heavy atom. The monoisotopic (exact) mass is 208 g/mol. The number of aromatic nitrogens is 1. The fourth-order valence-corrected chi connectivity index (χ4v) is 1.54. The molecular weight excluding hydrogens is 188 g/mol. The summed E-state index contributed by atoms with van der Waals surface area (Å²) in [6, 6.07) is 4.05. The average Bonchev–Trinajstić information content (AvgIpc) is 2.28. The van der Waals surface area contributed by atoms with Gasteiger partial charge < -0.3 is 5.11 Å². The molecule has 0 saturated carbocycles. The van der Waals surface area contributed by atoms with Gasteiger partial charge in [-0.15, -0.1) is 0 Å². The zero-order chi connectivity index (χ0) is 10.9. The highest BCUT2D eigenvalue weighted by atomic mass is 16.3. The normalized spacial score (nSPS) is 10.9. The van der Waals surface area contributed by atoms with Crippen molar-refractivity contribution >= 4 is 0 Å². The number of aliphatic hydroxyl groups is 1. The van der Waals surface area contributed by atoms with Crippen LogP contribution in [0.5, 0.6) is 0 Å². The number of aliphatic hydroxyl groups excluding tert-OH is 1. The van der Waals surface area contributed by atoms with E-state index >= 15 is 0 Å². The Kier molecular flexibility index (Phi) is 5.97. The summed E-state index contributed by atoms with van der Waals surface area (Å²) in [4.78, 5) is 6.27. The third kappa shape index (κ3) is 4.91. The molecule has 1 aromatic rings. The molecule has 15 heavy (non-hydrogen) atoms. The van der Waals surface area contributed by atoms with E-state index in [1.807, 2.05) is 24.5 Å². The molecule has 1 aromatic heterocycles. The topological polar surface area (TPSA) is 36.4 Å². The minimum absolute atomic E-state index is 0.231. The predicted octanol–water partition coefficient (Wildman–Crippen LogP) is 1.68. The fourth-order valence-electron chi connectivity index (χ4n) is 1.54. The molecule has 1 N–H and O–H groups in total. The van der Waals surface area contributed by atoms with Crippen molar-refractivity contribution in [2.75, 3.05) is 19.7 Å². The van der Waals surface area contributed by atoms with Crippen molar-refractivity contribution in [1.82, 2.24) is 9.88 Å². The summed E-state index contributed by atoms with van der Waals surface area (Å²) in [5, 5.41) is 8.96. The van der Waals surface area contributed by atoms with Crippen LogP contribution in [0, 0.1) is 0 Å². The molecule has 0 spiro atoms. The first kappa shape index (κ1) is 12.1. The minimum atomic E-state index is 0.231. The Bertz CT molecular complexity index is 251. The van der Waals surface area contributed by atoms with Gasteiger partial charge >= 0.3 is 0 Å². The summed E-state index contributed by atoms with van der Waals surface area (Å²) >= 11 is 0. The third-order valence-corrected chi connectivity index (χ3v) is 2.40. The van der Waals surface area contributed by atoms with Gasteiger partial charge in [-0.1, -0.05) is 13.3 Å². The number of unbranched alkanes of at least 4 members (excludes halogenated alkanes) is 1. The summed E-state index contributed by atoms with van der Waals surface area (Å²) in [6.07, 6.45) is 6.00. The van der Waals surface area contributed by atoms with E-state index in [-0.39, 0.29) is 6.61 Å². The molecule has 3 heteroatoms. The van der Waals surface area contributed by atoms with Crippen molar-refractivity contribution in [2.24, 2.45) is 0 Å². The Morgan fingerprint density at radius 1 is 1.27 bits per heavy atom. The molecule has 0 radical (unpaired) electrons. The van der Waals surface area contributed by atoms with E-state index < -0.39 is 0 Å². The highest BCUT2D eigenvalue weighted by Gasteiger charge is 2.04. The van der Waals surface area contributed by atoms with Crippen molar-refractivity contribution in [2.45, 2.75) is 26.3 Å². The molecule has 1 rings (SSSR count). The quantitative estimate of drug-likeness (QED) is 0.740. The first-order valence-corrected chi connectivity index (χ1v) is 5.59. The Labute approximate surface area is 91.8 Å². The lowest BCUT2D eigenvalue weighted by Crippen LogP contribution is -2.27. The number of hydrogen-bond acceptors (Lipinski definition) is 3. The van der Waals surface area contributed by atoms with Crippen LogP contribution in [0.2, 0.25) is 0 Å². The van der Waals surface area contributed by atoms with Gasteiger partial charge in [0.25, 0.3) is 0 Å². The van der Waals surface area contributed by atoms with Gasteiger partial charge in [0, 0.05) is 25.5 Å². The van der Waals surface area contributed by atoms with Crippen LogP contribution in [0.15, 0.2) is 24.5 Å². The number of nitrogens with zero attached hydrogens (tertiary/aromatic N) is 2. The summed E-state index contributed by atoms with van der Waals surface area (Å²) in [5.41, 5.74) is 1.26.